The summed E-state index contributed by atoms with van der Waals surface area (Å²) in [5, 5.41) is 1.43. The molecule has 1 aromatic heterocycles. The first-order valence-corrected chi connectivity index (χ1v) is 11.1. The molecular weight excluding hydrogens is 396 g/mol. The number of sulfonamides is 1. The van der Waals surface area contributed by atoms with Crippen LogP contribution in [0.25, 0.3) is 10.9 Å². The van der Waals surface area contributed by atoms with Gasteiger partial charge in [0.1, 0.15) is 4.90 Å². The topological polar surface area (TPSA) is 68.2 Å². The summed E-state index contributed by atoms with van der Waals surface area (Å²) in [5.41, 5.74) is 1.44. The van der Waals surface area contributed by atoms with Gasteiger partial charge in [0, 0.05) is 23.7 Å². The SMILES string of the molecule is CCC1(C(=O)NS(=O)(=O)c2cccc3ccn(C)c23)CCc2c(Cl)cccc21. The molecule has 1 atom stereocenters. The van der Waals surface area contributed by atoms with Crippen LogP contribution in [0.3, 0.4) is 0 Å². The second-order valence-electron chi connectivity index (χ2n) is 7.26. The second-order valence-corrected chi connectivity index (χ2v) is 9.31. The molecule has 1 unspecified atom stereocenters. The van der Waals surface area contributed by atoms with Crippen molar-refractivity contribution in [3.8, 4) is 0 Å². The van der Waals surface area contributed by atoms with Crippen LogP contribution in [-0.2, 0) is 33.7 Å². The smallest absolute Gasteiger partial charge is 0.266 e. The lowest BCUT2D eigenvalue weighted by Crippen LogP contribution is -2.45. The number of aryl methyl sites for hydroxylation is 1. The Kier molecular flexibility index (Phi) is 4.51. The van der Waals surface area contributed by atoms with Crippen LogP contribution in [0.15, 0.2) is 53.6 Å². The number of carbonyl (C=O) groups excluding carboxylic acids is 1. The maximum absolute atomic E-state index is 13.3. The molecule has 2 aromatic carbocycles. The van der Waals surface area contributed by atoms with Gasteiger partial charge in [0.05, 0.1) is 10.9 Å². The van der Waals surface area contributed by atoms with Gasteiger partial charge in [-0.1, -0.05) is 42.8 Å². The number of nitrogens with one attached hydrogen (secondary N) is 1. The number of rotatable bonds is 4. The number of amides is 1. The molecule has 5 nitrogen and oxygen atoms in total. The van der Waals surface area contributed by atoms with Crippen molar-refractivity contribution < 1.29 is 13.2 Å². The summed E-state index contributed by atoms with van der Waals surface area (Å²) in [6.07, 6.45) is 3.49. The molecule has 0 radical (unpaired) electrons. The van der Waals surface area contributed by atoms with Crippen molar-refractivity contribution in [2.45, 2.75) is 36.5 Å². The van der Waals surface area contributed by atoms with Gasteiger partial charge in [0.15, 0.2) is 0 Å². The third kappa shape index (κ3) is 2.74. The zero-order valence-corrected chi connectivity index (χ0v) is 17.3. The molecule has 1 N–H and O–H groups in total. The highest BCUT2D eigenvalue weighted by molar-refractivity contribution is 7.90. The van der Waals surface area contributed by atoms with E-state index < -0.39 is 21.3 Å². The number of aromatic nitrogens is 1. The molecular formula is C21H21ClN2O3S. The summed E-state index contributed by atoms with van der Waals surface area (Å²) in [6, 6.07) is 12.4. The Hall–Kier alpha value is -2.31. The Morgan fingerprint density at radius 3 is 2.71 bits per heavy atom. The van der Waals surface area contributed by atoms with Gasteiger partial charge >= 0.3 is 0 Å². The molecule has 28 heavy (non-hydrogen) atoms. The van der Waals surface area contributed by atoms with E-state index in [0.717, 1.165) is 16.5 Å². The quantitative estimate of drug-likeness (QED) is 0.700. The number of hydrogen-bond acceptors (Lipinski definition) is 3. The first-order chi connectivity index (χ1) is 13.3. The normalized spacial score (nSPS) is 19.0. The fraction of sp³-hybridized carbons (Fsp3) is 0.286. The van der Waals surface area contributed by atoms with E-state index in [9.17, 15) is 13.2 Å². The number of para-hydroxylation sites is 1. The fourth-order valence-electron chi connectivity index (χ4n) is 4.31. The molecule has 3 aromatic rings. The van der Waals surface area contributed by atoms with Gasteiger partial charge in [0.25, 0.3) is 10.0 Å². The Balaban J connectivity index is 1.76. The molecule has 146 valence electrons. The third-order valence-electron chi connectivity index (χ3n) is 5.85. The maximum Gasteiger partial charge on any atom is 0.266 e. The first-order valence-electron chi connectivity index (χ1n) is 9.19. The van der Waals surface area contributed by atoms with E-state index in [4.69, 9.17) is 11.6 Å². The minimum absolute atomic E-state index is 0.0985. The number of carbonyl (C=O) groups is 1. The van der Waals surface area contributed by atoms with Crippen molar-refractivity contribution in [1.82, 2.24) is 9.29 Å². The highest BCUT2D eigenvalue weighted by Crippen LogP contribution is 2.44. The first kappa shape index (κ1) is 19.0. The van der Waals surface area contributed by atoms with Crippen LogP contribution >= 0.6 is 11.6 Å². The van der Waals surface area contributed by atoms with Crippen molar-refractivity contribution in [2.75, 3.05) is 0 Å². The minimum Gasteiger partial charge on any atom is -0.349 e. The number of hydrogen-bond donors (Lipinski definition) is 1. The zero-order chi connectivity index (χ0) is 20.1. The number of fused-ring (bicyclic) bond motifs is 2. The van der Waals surface area contributed by atoms with E-state index in [-0.39, 0.29) is 4.90 Å². The Morgan fingerprint density at radius 2 is 1.96 bits per heavy atom. The monoisotopic (exact) mass is 416 g/mol. The Labute approximate surface area is 169 Å². The highest BCUT2D eigenvalue weighted by Gasteiger charge is 2.45. The van der Waals surface area contributed by atoms with Crippen molar-refractivity contribution in [3.05, 3.63) is 64.8 Å². The van der Waals surface area contributed by atoms with Gasteiger partial charge in [-0.15, -0.1) is 0 Å². The maximum atomic E-state index is 13.3. The number of benzene rings is 2. The van der Waals surface area contributed by atoms with Gasteiger partial charge in [-0.2, -0.15) is 0 Å². The van der Waals surface area contributed by atoms with Crippen molar-refractivity contribution >= 4 is 38.4 Å². The third-order valence-corrected chi connectivity index (χ3v) is 7.57. The molecule has 4 rings (SSSR count). The molecule has 0 bridgehead atoms. The van der Waals surface area contributed by atoms with Crippen molar-refractivity contribution in [2.24, 2.45) is 7.05 Å². The lowest BCUT2D eigenvalue weighted by molar-refractivity contribution is -0.125. The fourth-order valence-corrected chi connectivity index (χ4v) is 5.90. The summed E-state index contributed by atoms with van der Waals surface area (Å²) in [4.78, 5) is 13.4. The van der Waals surface area contributed by atoms with Gasteiger partial charge in [-0.25, -0.2) is 13.1 Å². The molecule has 1 aliphatic carbocycles. The predicted molar refractivity (Wildman–Crippen MR) is 110 cm³/mol. The number of halogens is 1. The molecule has 0 saturated carbocycles. The molecule has 0 saturated heterocycles. The number of nitrogens with zero attached hydrogens (tertiary/aromatic N) is 1. The summed E-state index contributed by atoms with van der Waals surface area (Å²) in [6.45, 7) is 1.90. The molecule has 1 amide bonds. The summed E-state index contributed by atoms with van der Waals surface area (Å²) >= 11 is 6.31. The molecule has 0 fully saturated rings. The highest BCUT2D eigenvalue weighted by atomic mass is 35.5. The second kappa shape index (κ2) is 6.64. The van der Waals surface area contributed by atoms with Crippen LogP contribution in [0.2, 0.25) is 5.02 Å². The van der Waals surface area contributed by atoms with E-state index in [0.29, 0.717) is 29.8 Å². The van der Waals surface area contributed by atoms with Crippen molar-refractivity contribution in [1.29, 1.82) is 0 Å². The van der Waals surface area contributed by atoms with Gasteiger partial charge in [-0.05, 0) is 48.6 Å². The van der Waals surface area contributed by atoms with Crippen LogP contribution in [-0.4, -0.2) is 18.9 Å². The molecule has 1 aliphatic rings. The van der Waals surface area contributed by atoms with E-state index in [2.05, 4.69) is 4.72 Å². The Bertz CT molecular complexity index is 1200. The minimum atomic E-state index is -4.03. The van der Waals surface area contributed by atoms with Crippen LogP contribution in [0.4, 0.5) is 0 Å². The lowest BCUT2D eigenvalue weighted by atomic mass is 9.79. The van der Waals surface area contributed by atoms with Gasteiger partial charge in [0.2, 0.25) is 5.91 Å². The van der Waals surface area contributed by atoms with E-state index in [1.807, 2.05) is 31.2 Å². The van der Waals surface area contributed by atoms with Gasteiger partial charge < -0.3 is 4.57 Å². The van der Waals surface area contributed by atoms with Crippen LogP contribution in [0, 0.1) is 0 Å². The molecule has 1 heterocycles. The van der Waals surface area contributed by atoms with E-state index in [1.54, 1.807) is 29.9 Å². The van der Waals surface area contributed by atoms with E-state index >= 15 is 0 Å². The summed E-state index contributed by atoms with van der Waals surface area (Å²) in [7, 11) is -2.25. The van der Waals surface area contributed by atoms with Gasteiger partial charge in [-0.3, -0.25) is 4.79 Å². The molecule has 0 aliphatic heterocycles. The average molecular weight is 417 g/mol. The van der Waals surface area contributed by atoms with E-state index in [1.165, 1.54) is 6.07 Å². The van der Waals surface area contributed by atoms with Crippen LogP contribution in [0.1, 0.15) is 30.9 Å². The summed E-state index contributed by atoms with van der Waals surface area (Å²) in [5.74, 6) is -0.498. The predicted octanol–water partition coefficient (Wildman–Crippen LogP) is 3.93. The molecule has 7 heteroatoms. The largest absolute Gasteiger partial charge is 0.349 e. The summed E-state index contributed by atoms with van der Waals surface area (Å²) < 4.78 is 30.4. The zero-order valence-electron chi connectivity index (χ0n) is 15.7. The van der Waals surface area contributed by atoms with Crippen LogP contribution < -0.4 is 4.72 Å². The van der Waals surface area contributed by atoms with Crippen LogP contribution in [0.5, 0.6) is 0 Å². The van der Waals surface area contributed by atoms with Crippen molar-refractivity contribution in [3.63, 3.8) is 0 Å². The average Bonchev–Trinajstić information content (AvgIpc) is 3.24. The Morgan fingerprint density at radius 1 is 1.21 bits per heavy atom. The lowest BCUT2D eigenvalue weighted by Gasteiger charge is -2.27. The molecule has 0 spiro atoms. The standard InChI is InChI=1S/C21H21ClN2O3S/c1-3-21(12-10-15-16(21)7-5-8-17(15)22)20(25)23-28(26,27)18-9-4-6-14-11-13-24(2)19(14)18/h4-9,11,13H,3,10,12H2,1-2H3,(H,23,25).